The van der Waals surface area contributed by atoms with Crippen LogP contribution in [0.4, 0.5) is 4.39 Å². The zero-order chi connectivity index (χ0) is 27.1. The van der Waals surface area contributed by atoms with E-state index in [-0.39, 0.29) is 23.5 Å². The van der Waals surface area contributed by atoms with Crippen molar-refractivity contribution in [1.29, 1.82) is 0 Å². The first-order valence-corrected chi connectivity index (χ1v) is 12.9. The van der Waals surface area contributed by atoms with Gasteiger partial charge < -0.3 is 16.0 Å². The summed E-state index contributed by atoms with van der Waals surface area (Å²) in [7, 11) is -4.10. The summed E-state index contributed by atoms with van der Waals surface area (Å²) < 4.78 is 41.9. The van der Waals surface area contributed by atoms with Crippen LogP contribution >= 0.6 is 0 Å². The molecule has 0 aromatic heterocycles. The molecule has 9 nitrogen and oxygen atoms in total. The van der Waals surface area contributed by atoms with Gasteiger partial charge in [0.15, 0.2) is 0 Å². The molecule has 4 N–H and O–H groups in total. The van der Waals surface area contributed by atoms with Gasteiger partial charge >= 0.3 is 0 Å². The fourth-order valence-corrected chi connectivity index (χ4v) is 4.40. The lowest BCUT2D eigenvalue weighted by Gasteiger charge is -2.23. The highest BCUT2D eigenvalue weighted by Gasteiger charge is 2.29. The van der Waals surface area contributed by atoms with Crippen molar-refractivity contribution in [3.8, 4) is 0 Å². The molecule has 0 aliphatic rings. The number of rotatable bonds is 10. The number of carbonyl (C=O) groups is 3. The Kier molecular flexibility index (Phi) is 9.71. The number of sulfonamides is 1. The van der Waals surface area contributed by atoms with Crippen LogP contribution < -0.4 is 20.7 Å². The van der Waals surface area contributed by atoms with Gasteiger partial charge in [-0.3, -0.25) is 14.4 Å². The molecule has 3 amide bonds. The second-order valence-corrected chi connectivity index (χ2v) is 11.2. The Morgan fingerprint density at radius 2 is 1.50 bits per heavy atom. The quantitative estimate of drug-likeness (QED) is 0.356. The minimum atomic E-state index is -4.10. The van der Waals surface area contributed by atoms with Crippen molar-refractivity contribution < 1.29 is 27.2 Å². The largest absolute Gasteiger partial charge is 0.353 e. The zero-order valence-electron chi connectivity index (χ0n) is 21.1. The van der Waals surface area contributed by atoms with Gasteiger partial charge in [-0.25, -0.2) is 12.8 Å². The maximum atomic E-state index is 13.9. The van der Waals surface area contributed by atoms with Crippen LogP contribution in [0.1, 0.15) is 48.7 Å². The standard InChI is InChI=1S/C25H33FN4O5S/c1-16-6-9-18(10-7-16)36(34,35)30-21(15-22(31)29-25(3,4)5)24(33)28-13-12-27-23(32)19-14-17(2)8-11-20(19)26/h6-11,14,21,30H,12-13,15H2,1-5H3,(H,27,32)(H,28,33)(H,29,31)/t21-/m0/s1. The molecule has 0 saturated heterocycles. The molecular formula is C25H33FN4O5S. The van der Waals surface area contributed by atoms with Gasteiger partial charge in [-0.1, -0.05) is 29.3 Å². The molecule has 0 heterocycles. The lowest BCUT2D eigenvalue weighted by Crippen LogP contribution is -2.51. The molecular weight excluding hydrogens is 487 g/mol. The van der Waals surface area contributed by atoms with Crippen LogP contribution in [-0.4, -0.2) is 50.8 Å². The molecule has 0 fully saturated rings. The van der Waals surface area contributed by atoms with E-state index in [1.54, 1.807) is 45.9 Å². The van der Waals surface area contributed by atoms with Gasteiger partial charge in [-0.15, -0.1) is 0 Å². The zero-order valence-corrected chi connectivity index (χ0v) is 21.9. The molecule has 2 rings (SSSR count). The van der Waals surface area contributed by atoms with Gasteiger partial charge in [0.1, 0.15) is 11.9 Å². The highest BCUT2D eigenvalue weighted by molar-refractivity contribution is 7.89. The normalized spacial score (nSPS) is 12.5. The van der Waals surface area contributed by atoms with Crippen LogP contribution in [0.3, 0.4) is 0 Å². The topological polar surface area (TPSA) is 133 Å². The Morgan fingerprint density at radius 3 is 2.11 bits per heavy atom. The van der Waals surface area contributed by atoms with Gasteiger partial charge in [0, 0.05) is 18.6 Å². The van der Waals surface area contributed by atoms with Crippen molar-refractivity contribution in [2.75, 3.05) is 13.1 Å². The number of benzene rings is 2. The van der Waals surface area contributed by atoms with Gasteiger partial charge in [0.05, 0.1) is 16.9 Å². The average molecular weight is 521 g/mol. The first-order chi connectivity index (χ1) is 16.7. The number of carbonyl (C=O) groups excluding carboxylic acids is 3. The number of halogens is 1. The second-order valence-electron chi connectivity index (χ2n) is 9.52. The number of hydrogen-bond donors (Lipinski definition) is 4. The molecule has 0 aliphatic heterocycles. The highest BCUT2D eigenvalue weighted by atomic mass is 32.2. The monoisotopic (exact) mass is 520 g/mol. The average Bonchev–Trinajstić information content (AvgIpc) is 2.76. The van der Waals surface area contributed by atoms with E-state index in [2.05, 4.69) is 20.7 Å². The lowest BCUT2D eigenvalue weighted by molar-refractivity contribution is -0.128. The predicted octanol–water partition coefficient (Wildman–Crippen LogP) is 1.94. The van der Waals surface area contributed by atoms with Crippen LogP contribution in [0.2, 0.25) is 0 Å². The third kappa shape index (κ3) is 9.04. The molecule has 0 aliphatic carbocycles. The maximum absolute atomic E-state index is 13.9. The van der Waals surface area contributed by atoms with E-state index in [0.29, 0.717) is 5.56 Å². The molecule has 0 unspecified atom stereocenters. The molecule has 1 atom stereocenters. The highest BCUT2D eigenvalue weighted by Crippen LogP contribution is 2.12. The number of hydrogen-bond acceptors (Lipinski definition) is 5. The lowest BCUT2D eigenvalue weighted by atomic mass is 10.1. The van der Waals surface area contributed by atoms with Crippen molar-refractivity contribution in [3.05, 3.63) is 65.0 Å². The van der Waals surface area contributed by atoms with Crippen molar-refractivity contribution in [2.45, 2.75) is 57.5 Å². The summed E-state index contributed by atoms with van der Waals surface area (Å²) in [6.07, 6.45) is -0.435. The summed E-state index contributed by atoms with van der Waals surface area (Å²) in [5.41, 5.74) is 0.875. The van der Waals surface area contributed by atoms with Crippen molar-refractivity contribution in [3.63, 3.8) is 0 Å². The van der Waals surface area contributed by atoms with E-state index in [0.717, 1.165) is 5.56 Å². The first kappa shape index (κ1) is 28.9. The van der Waals surface area contributed by atoms with Crippen LogP contribution in [0.15, 0.2) is 47.4 Å². The van der Waals surface area contributed by atoms with E-state index in [4.69, 9.17) is 0 Å². The van der Waals surface area contributed by atoms with E-state index in [9.17, 15) is 27.2 Å². The molecule has 11 heteroatoms. The van der Waals surface area contributed by atoms with E-state index in [1.807, 2.05) is 6.92 Å². The smallest absolute Gasteiger partial charge is 0.254 e. The minimum Gasteiger partial charge on any atom is -0.353 e. The summed E-state index contributed by atoms with van der Waals surface area (Å²) in [5.74, 6) is -2.58. The SMILES string of the molecule is Cc1ccc(S(=O)(=O)N[C@@H](CC(=O)NC(C)(C)C)C(=O)NCCNC(=O)c2cc(C)ccc2F)cc1. The fourth-order valence-electron chi connectivity index (χ4n) is 3.21. The van der Waals surface area contributed by atoms with Crippen LogP contribution in [-0.2, 0) is 19.6 Å². The molecule has 0 spiro atoms. The van der Waals surface area contributed by atoms with Crippen molar-refractivity contribution in [2.24, 2.45) is 0 Å². The Bertz CT molecular complexity index is 1210. The molecule has 2 aromatic carbocycles. The summed E-state index contributed by atoms with van der Waals surface area (Å²) >= 11 is 0. The molecule has 0 bridgehead atoms. The van der Waals surface area contributed by atoms with E-state index >= 15 is 0 Å². The van der Waals surface area contributed by atoms with Crippen molar-refractivity contribution in [1.82, 2.24) is 20.7 Å². The van der Waals surface area contributed by atoms with Gasteiger partial charge in [0.2, 0.25) is 21.8 Å². The number of amides is 3. The van der Waals surface area contributed by atoms with E-state index < -0.39 is 51.6 Å². The summed E-state index contributed by atoms with van der Waals surface area (Å²) in [5, 5.41) is 7.71. The van der Waals surface area contributed by atoms with Crippen LogP contribution in [0.5, 0.6) is 0 Å². The van der Waals surface area contributed by atoms with E-state index in [1.165, 1.54) is 24.3 Å². The summed E-state index contributed by atoms with van der Waals surface area (Å²) in [6, 6.07) is 8.80. The molecule has 2 aromatic rings. The van der Waals surface area contributed by atoms with Crippen LogP contribution in [0.25, 0.3) is 0 Å². The Hall–Kier alpha value is -3.31. The second kappa shape index (κ2) is 12.1. The Morgan fingerprint density at radius 1 is 0.917 bits per heavy atom. The van der Waals surface area contributed by atoms with Gasteiger partial charge in [0.25, 0.3) is 5.91 Å². The third-order valence-electron chi connectivity index (χ3n) is 4.93. The maximum Gasteiger partial charge on any atom is 0.254 e. The third-order valence-corrected chi connectivity index (χ3v) is 6.41. The number of nitrogens with one attached hydrogen (secondary N) is 4. The molecule has 196 valence electrons. The summed E-state index contributed by atoms with van der Waals surface area (Å²) in [6.45, 7) is 8.71. The van der Waals surface area contributed by atoms with Crippen molar-refractivity contribution >= 4 is 27.7 Å². The van der Waals surface area contributed by atoms with Gasteiger partial charge in [-0.2, -0.15) is 4.72 Å². The fraction of sp³-hybridized carbons (Fsp3) is 0.400. The predicted molar refractivity (Wildman–Crippen MR) is 134 cm³/mol. The molecule has 36 heavy (non-hydrogen) atoms. The summed E-state index contributed by atoms with van der Waals surface area (Å²) in [4.78, 5) is 37.5. The number of aryl methyl sites for hydroxylation is 2. The molecule has 0 saturated carbocycles. The Labute approximate surface area is 211 Å². The van der Waals surface area contributed by atoms with Gasteiger partial charge in [-0.05, 0) is 58.9 Å². The minimum absolute atomic E-state index is 0.0381. The Balaban J connectivity index is 2.06. The first-order valence-electron chi connectivity index (χ1n) is 11.4. The van der Waals surface area contributed by atoms with Crippen LogP contribution in [0, 0.1) is 19.7 Å². The molecule has 0 radical (unpaired) electrons.